The number of piperidine rings is 1. The number of halogens is 1. The zero-order valence-corrected chi connectivity index (χ0v) is 16.8. The van der Waals surface area contributed by atoms with Crippen LogP contribution in [0.25, 0.3) is 11.4 Å². The van der Waals surface area contributed by atoms with Crippen LogP contribution in [-0.4, -0.2) is 40.2 Å². The van der Waals surface area contributed by atoms with Crippen molar-refractivity contribution in [3.8, 4) is 11.4 Å². The van der Waals surface area contributed by atoms with Crippen LogP contribution < -0.4 is 10.2 Å². The molecule has 30 heavy (non-hydrogen) atoms. The number of aromatic nitrogens is 3. The molecule has 1 aliphatic rings. The number of carbonyl (C=O) groups is 1. The Bertz CT molecular complexity index is 1010. The maximum Gasteiger partial charge on any atom is 0.227 e. The van der Waals surface area contributed by atoms with Crippen LogP contribution in [0.2, 0.25) is 0 Å². The number of hydrogen-bond acceptors (Lipinski definition) is 6. The summed E-state index contributed by atoms with van der Waals surface area (Å²) in [6, 6.07) is 8.70. The molecule has 1 saturated heterocycles. The maximum absolute atomic E-state index is 14.2. The summed E-state index contributed by atoms with van der Waals surface area (Å²) in [5.41, 5.74) is 2.43. The van der Waals surface area contributed by atoms with E-state index in [0.29, 0.717) is 30.4 Å². The molecule has 7 nitrogen and oxygen atoms in total. The Morgan fingerprint density at radius 1 is 1.30 bits per heavy atom. The molecule has 156 valence electrons. The molecule has 1 aliphatic heterocycles. The van der Waals surface area contributed by atoms with E-state index in [2.05, 4.69) is 20.4 Å². The predicted molar refractivity (Wildman–Crippen MR) is 110 cm³/mol. The smallest absolute Gasteiger partial charge is 0.227 e. The highest BCUT2D eigenvalue weighted by Gasteiger charge is 2.23. The average molecular weight is 409 g/mol. The predicted octanol–water partition coefficient (Wildman–Crippen LogP) is 3.30. The van der Waals surface area contributed by atoms with Gasteiger partial charge in [-0.25, -0.2) is 4.39 Å². The third kappa shape index (κ3) is 4.82. The van der Waals surface area contributed by atoms with E-state index in [9.17, 15) is 9.18 Å². The van der Waals surface area contributed by atoms with Crippen molar-refractivity contribution >= 4 is 11.6 Å². The second kappa shape index (κ2) is 9.02. The van der Waals surface area contributed by atoms with Crippen molar-refractivity contribution in [2.75, 3.05) is 18.0 Å². The second-order valence-electron chi connectivity index (χ2n) is 7.56. The molecule has 1 atom stereocenters. The standard InChI is InChI=1S/C22H24FN5O2/c1-15-4-5-18(23)19(13-15)28-12-2-3-17(14-28)25-20(29)6-7-21-26-22(27-30-21)16-8-10-24-11-9-16/h4-5,8-11,13,17H,2-3,6-7,12,14H2,1H3,(H,25,29). The Morgan fingerprint density at radius 3 is 2.97 bits per heavy atom. The summed E-state index contributed by atoms with van der Waals surface area (Å²) in [6.07, 6.45) is 5.73. The highest BCUT2D eigenvalue weighted by molar-refractivity contribution is 5.76. The molecule has 0 aliphatic carbocycles. The van der Waals surface area contributed by atoms with Gasteiger partial charge in [-0.3, -0.25) is 9.78 Å². The van der Waals surface area contributed by atoms with Gasteiger partial charge in [0.25, 0.3) is 0 Å². The number of benzene rings is 1. The zero-order chi connectivity index (χ0) is 20.9. The Hall–Kier alpha value is -3.29. The van der Waals surface area contributed by atoms with Crippen molar-refractivity contribution in [3.05, 3.63) is 60.0 Å². The van der Waals surface area contributed by atoms with E-state index >= 15 is 0 Å². The number of hydrogen-bond donors (Lipinski definition) is 1. The first kappa shape index (κ1) is 20.0. The SMILES string of the molecule is Cc1ccc(F)c(N2CCCC(NC(=O)CCc3nc(-c4ccncc4)no3)C2)c1. The molecular formula is C22H24FN5O2. The van der Waals surface area contributed by atoms with E-state index in [4.69, 9.17) is 4.52 Å². The van der Waals surface area contributed by atoms with E-state index in [-0.39, 0.29) is 24.2 Å². The van der Waals surface area contributed by atoms with E-state index < -0.39 is 0 Å². The van der Waals surface area contributed by atoms with Crippen molar-refractivity contribution in [3.63, 3.8) is 0 Å². The van der Waals surface area contributed by atoms with E-state index in [0.717, 1.165) is 30.5 Å². The van der Waals surface area contributed by atoms with Gasteiger partial charge >= 0.3 is 0 Å². The minimum Gasteiger partial charge on any atom is -0.367 e. The van der Waals surface area contributed by atoms with E-state index in [1.54, 1.807) is 30.6 Å². The summed E-state index contributed by atoms with van der Waals surface area (Å²) in [5.74, 6) is 0.601. The fourth-order valence-corrected chi connectivity index (χ4v) is 3.67. The van der Waals surface area contributed by atoms with Crippen LogP contribution in [0.5, 0.6) is 0 Å². The van der Waals surface area contributed by atoms with E-state index in [1.165, 1.54) is 6.07 Å². The zero-order valence-electron chi connectivity index (χ0n) is 16.8. The van der Waals surface area contributed by atoms with Gasteiger partial charge in [-0.15, -0.1) is 0 Å². The Kier molecular flexibility index (Phi) is 6.02. The molecule has 1 amide bonds. The molecule has 3 aromatic rings. The second-order valence-corrected chi connectivity index (χ2v) is 7.56. The number of aryl methyl sites for hydroxylation is 2. The van der Waals surface area contributed by atoms with Crippen LogP contribution in [0.15, 0.2) is 47.2 Å². The summed E-state index contributed by atoms with van der Waals surface area (Å²) in [7, 11) is 0. The van der Waals surface area contributed by atoms with Gasteiger partial charge in [0.2, 0.25) is 17.6 Å². The van der Waals surface area contributed by atoms with Crippen molar-refractivity contribution in [1.82, 2.24) is 20.4 Å². The molecule has 8 heteroatoms. The fraction of sp³-hybridized carbons (Fsp3) is 0.364. The molecular weight excluding hydrogens is 385 g/mol. The van der Waals surface area contributed by atoms with Crippen LogP contribution >= 0.6 is 0 Å². The highest BCUT2D eigenvalue weighted by atomic mass is 19.1. The number of amides is 1. The highest BCUT2D eigenvalue weighted by Crippen LogP contribution is 2.24. The number of rotatable bonds is 6. The van der Waals surface area contributed by atoms with Crippen LogP contribution in [-0.2, 0) is 11.2 Å². The maximum atomic E-state index is 14.2. The molecule has 1 aromatic carbocycles. The number of carbonyl (C=O) groups excluding carboxylic acids is 1. The lowest BCUT2D eigenvalue weighted by Gasteiger charge is -2.35. The van der Waals surface area contributed by atoms with Gasteiger partial charge in [-0.05, 0) is 49.6 Å². The molecule has 2 aromatic heterocycles. The molecule has 3 heterocycles. The Balaban J connectivity index is 1.30. The largest absolute Gasteiger partial charge is 0.367 e. The first-order chi connectivity index (χ1) is 14.6. The van der Waals surface area contributed by atoms with Crippen molar-refractivity contribution in [2.45, 2.75) is 38.6 Å². The van der Waals surface area contributed by atoms with Gasteiger partial charge < -0.3 is 14.7 Å². The number of nitrogens with zero attached hydrogens (tertiary/aromatic N) is 4. The van der Waals surface area contributed by atoms with Crippen LogP contribution in [0.4, 0.5) is 10.1 Å². The third-order valence-corrected chi connectivity index (χ3v) is 5.20. The summed E-state index contributed by atoms with van der Waals surface area (Å²) in [4.78, 5) is 22.7. The molecule has 0 saturated carbocycles. The van der Waals surface area contributed by atoms with E-state index in [1.807, 2.05) is 17.9 Å². The minimum atomic E-state index is -0.228. The monoisotopic (exact) mass is 409 g/mol. The summed E-state index contributed by atoms with van der Waals surface area (Å²) >= 11 is 0. The quantitative estimate of drug-likeness (QED) is 0.673. The fourth-order valence-electron chi connectivity index (χ4n) is 3.67. The summed E-state index contributed by atoms with van der Waals surface area (Å²) in [5, 5.41) is 7.01. The molecule has 1 fully saturated rings. The van der Waals surface area contributed by atoms with Crippen LogP contribution in [0.3, 0.4) is 0 Å². The van der Waals surface area contributed by atoms with Crippen molar-refractivity contribution in [2.24, 2.45) is 0 Å². The molecule has 4 rings (SSSR count). The summed E-state index contributed by atoms with van der Waals surface area (Å²) in [6.45, 7) is 3.33. The van der Waals surface area contributed by atoms with Crippen molar-refractivity contribution < 1.29 is 13.7 Å². The van der Waals surface area contributed by atoms with Gasteiger partial charge in [-0.2, -0.15) is 4.98 Å². The minimum absolute atomic E-state index is 0.0128. The van der Waals surface area contributed by atoms with Gasteiger partial charge in [0.05, 0.1) is 5.69 Å². The average Bonchev–Trinajstić information content (AvgIpc) is 3.24. The number of nitrogens with one attached hydrogen (secondary N) is 1. The van der Waals surface area contributed by atoms with Gasteiger partial charge in [0.1, 0.15) is 5.82 Å². The molecule has 1 unspecified atom stereocenters. The van der Waals surface area contributed by atoms with Crippen LogP contribution in [0.1, 0.15) is 30.7 Å². The van der Waals surface area contributed by atoms with Crippen LogP contribution in [0, 0.1) is 12.7 Å². The lowest BCUT2D eigenvalue weighted by Crippen LogP contribution is -2.48. The van der Waals surface area contributed by atoms with Crippen molar-refractivity contribution in [1.29, 1.82) is 0 Å². The molecule has 0 spiro atoms. The first-order valence-electron chi connectivity index (χ1n) is 10.1. The Labute approximate surface area is 174 Å². The van der Waals surface area contributed by atoms with Gasteiger partial charge in [-0.1, -0.05) is 11.2 Å². The molecule has 0 radical (unpaired) electrons. The Morgan fingerprint density at radius 2 is 2.13 bits per heavy atom. The number of anilines is 1. The van der Waals surface area contributed by atoms with Gasteiger partial charge in [0, 0.05) is 49.9 Å². The molecule has 0 bridgehead atoms. The third-order valence-electron chi connectivity index (χ3n) is 5.20. The molecule has 1 N–H and O–H groups in total. The summed E-state index contributed by atoms with van der Waals surface area (Å²) < 4.78 is 19.5. The number of pyridine rings is 1. The first-order valence-corrected chi connectivity index (χ1v) is 10.1. The normalized spacial score (nSPS) is 16.5. The van der Waals surface area contributed by atoms with Gasteiger partial charge in [0.15, 0.2) is 0 Å². The lowest BCUT2D eigenvalue weighted by atomic mass is 10.0. The topological polar surface area (TPSA) is 84.2 Å². The lowest BCUT2D eigenvalue weighted by molar-refractivity contribution is -0.121.